The maximum atomic E-state index is 11.7. The lowest BCUT2D eigenvalue weighted by molar-refractivity contribution is 0.0828. The second-order valence-corrected chi connectivity index (χ2v) is 6.11. The molecule has 4 heteroatoms. The Bertz CT molecular complexity index is 369. The van der Waals surface area contributed by atoms with E-state index >= 15 is 0 Å². The number of imidazole rings is 1. The standard InChI is InChI=1S/C14H24N2O2/c1-11(2)12(3)8-14(4,5)9-18-13(17)16-7-6-15-10-16/h6-7,10-12H,8-9H2,1-5H3. The van der Waals surface area contributed by atoms with Crippen LogP contribution in [0.25, 0.3) is 0 Å². The van der Waals surface area contributed by atoms with Crippen molar-refractivity contribution in [2.75, 3.05) is 6.61 Å². The Morgan fingerprint density at radius 2 is 2.06 bits per heavy atom. The van der Waals surface area contributed by atoms with Crippen LogP contribution in [0.5, 0.6) is 0 Å². The normalized spacial score (nSPS) is 13.7. The van der Waals surface area contributed by atoms with Gasteiger partial charge in [0.25, 0.3) is 0 Å². The SMILES string of the molecule is CC(C)C(C)CC(C)(C)COC(=O)n1ccnc1. The summed E-state index contributed by atoms with van der Waals surface area (Å²) in [6.45, 7) is 11.4. The van der Waals surface area contributed by atoms with Gasteiger partial charge in [-0.2, -0.15) is 0 Å². The van der Waals surface area contributed by atoms with E-state index in [1.54, 1.807) is 12.4 Å². The van der Waals surface area contributed by atoms with E-state index in [1.165, 1.54) is 10.9 Å². The highest BCUT2D eigenvalue weighted by atomic mass is 16.5. The summed E-state index contributed by atoms with van der Waals surface area (Å²) < 4.78 is 6.67. The van der Waals surface area contributed by atoms with Gasteiger partial charge in [-0.15, -0.1) is 0 Å². The number of aromatic nitrogens is 2. The maximum absolute atomic E-state index is 11.7. The largest absolute Gasteiger partial charge is 0.448 e. The lowest BCUT2D eigenvalue weighted by atomic mass is 9.80. The van der Waals surface area contributed by atoms with Crippen molar-refractivity contribution in [1.82, 2.24) is 9.55 Å². The number of hydrogen-bond acceptors (Lipinski definition) is 3. The summed E-state index contributed by atoms with van der Waals surface area (Å²) in [4.78, 5) is 15.5. The summed E-state index contributed by atoms with van der Waals surface area (Å²) in [5.41, 5.74) is -0.0000713. The summed E-state index contributed by atoms with van der Waals surface area (Å²) in [5, 5.41) is 0. The van der Waals surface area contributed by atoms with E-state index in [1.807, 2.05) is 0 Å². The monoisotopic (exact) mass is 252 g/mol. The van der Waals surface area contributed by atoms with Crippen LogP contribution in [0.1, 0.15) is 41.0 Å². The number of carbonyl (C=O) groups excluding carboxylic acids is 1. The van der Waals surface area contributed by atoms with Crippen LogP contribution in [0.3, 0.4) is 0 Å². The summed E-state index contributed by atoms with van der Waals surface area (Å²) in [5.74, 6) is 1.26. The minimum atomic E-state index is -0.363. The summed E-state index contributed by atoms with van der Waals surface area (Å²) in [7, 11) is 0. The third-order valence-corrected chi connectivity index (χ3v) is 3.31. The van der Waals surface area contributed by atoms with Crippen molar-refractivity contribution in [3.8, 4) is 0 Å². The molecule has 102 valence electrons. The first-order valence-electron chi connectivity index (χ1n) is 6.47. The van der Waals surface area contributed by atoms with E-state index in [-0.39, 0.29) is 11.5 Å². The molecule has 0 saturated carbocycles. The Hall–Kier alpha value is -1.32. The minimum Gasteiger partial charge on any atom is -0.448 e. The van der Waals surface area contributed by atoms with Gasteiger partial charge in [0.05, 0.1) is 6.61 Å². The van der Waals surface area contributed by atoms with Gasteiger partial charge in [-0.05, 0) is 23.7 Å². The molecule has 0 fully saturated rings. The molecule has 0 spiro atoms. The average Bonchev–Trinajstić information content (AvgIpc) is 2.78. The lowest BCUT2D eigenvalue weighted by Crippen LogP contribution is -2.27. The molecular formula is C14H24N2O2. The molecule has 0 aliphatic heterocycles. The molecule has 0 N–H and O–H groups in total. The molecule has 1 aromatic heterocycles. The maximum Gasteiger partial charge on any atom is 0.419 e. The Balaban J connectivity index is 2.44. The van der Waals surface area contributed by atoms with Crippen LogP contribution >= 0.6 is 0 Å². The van der Waals surface area contributed by atoms with Gasteiger partial charge in [0.1, 0.15) is 6.33 Å². The molecule has 1 unspecified atom stereocenters. The van der Waals surface area contributed by atoms with Gasteiger partial charge in [0.2, 0.25) is 0 Å². The highest BCUT2D eigenvalue weighted by Crippen LogP contribution is 2.29. The van der Waals surface area contributed by atoms with E-state index in [0.29, 0.717) is 18.4 Å². The molecule has 0 bridgehead atoms. The highest BCUT2D eigenvalue weighted by Gasteiger charge is 2.24. The summed E-state index contributed by atoms with van der Waals surface area (Å²) in [6.07, 6.45) is 5.28. The topological polar surface area (TPSA) is 44.1 Å². The van der Waals surface area contributed by atoms with Gasteiger partial charge < -0.3 is 4.74 Å². The number of nitrogens with zero attached hydrogens (tertiary/aromatic N) is 2. The number of hydrogen-bond donors (Lipinski definition) is 0. The Morgan fingerprint density at radius 1 is 1.39 bits per heavy atom. The zero-order valence-corrected chi connectivity index (χ0v) is 12.0. The third-order valence-electron chi connectivity index (χ3n) is 3.31. The Morgan fingerprint density at radius 3 is 2.56 bits per heavy atom. The first kappa shape index (κ1) is 14.7. The second kappa shape index (κ2) is 6.03. The zero-order chi connectivity index (χ0) is 13.8. The molecule has 0 aromatic carbocycles. The van der Waals surface area contributed by atoms with Crippen LogP contribution < -0.4 is 0 Å². The van der Waals surface area contributed by atoms with Crippen molar-refractivity contribution in [3.05, 3.63) is 18.7 Å². The molecule has 0 saturated heterocycles. The summed E-state index contributed by atoms with van der Waals surface area (Å²) >= 11 is 0. The van der Waals surface area contributed by atoms with Gasteiger partial charge in [-0.25, -0.2) is 14.3 Å². The van der Waals surface area contributed by atoms with Crippen molar-refractivity contribution < 1.29 is 9.53 Å². The molecular weight excluding hydrogens is 228 g/mol. The van der Waals surface area contributed by atoms with Gasteiger partial charge in [0, 0.05) is 12.4 Å². The Kier molecular flexibility index (Phi) is 4.93. The van der Waals surface area contributed by atoms with Crippen LogP contribution in [0.2, 0.25) is 0 Å². The molecule has 0 aliphatic rings. The number of ether oxygens (including phenoxy) is 1. The highest BCUT2D eigenvalue weighted by molar-refractivity contribution is 5.69. The van der Waals surface area contributed by atoms with E-state index in [9.17, 15) is 4.79 Å². The van der Waals surface area contributed by atoms with Crippen molar-refractivity contribution in [3.63, 3.8) is 0 Å². The number of carbonyl (C=O) groups is 1. The number of rotatable bonds is 5. The average molecular weight is 252 g/mol. The van der Waals surface area contributed by atoms with E-state index in [2.05, 4.69) is 39.6 Å². The van der Waals surface area contributed by atoms with Crippen molar-refractivity contribution in [1.29, 1.82) is 0 Å². The van der Waals surface area contributed by atoms with Gasteiger partial charge in [0.15, 0.2) is 0 Å². The predicted octanol–water partition coefficient (Wildman–Crippen LogP) is 3.58. The second-order valence-electron chi connectivity index (χ2n) is 6.11. The molecule has 1 aromatic rings. The van der Waals surface area contributed by atoms with Crippen LogP contribution in [-0.4, -0.2) is 22.3 Å². The van der Waals surface area contributed by atoms with E-state index in [0.717, 1.165) is 6.42 Å². The molecule has 18 heavy (non-hydrogen) atoms. The van der Waals surface area contributed by atoms with Crippen molar-refractivity contribution in [2.45, 2.75) is 41.0 Å². The molecule has 0 aliphatic carbocycles. The van der Waals surface area contributed by atoms with Crippen molar-refractivity contribution in [2.24, 2.45) is 17.3 Å². The van der Waals surface area contributed by atoms with E-state index < -0.39 is 0 Å². The molecule has 4 nitrogen and oxygen atoms in total. The van der Waals surface area contributed by atoms with Crippen LogP contribution in [0, 0.1) is 17.3 Å². The fourth-order valence-electron chi connectivity index (χ4n) is 1.87. The summed E-state index contributed by atoms with van der Waals surface area (Å²) in [6, 6.07) is 0. The first-order chi connectivity index (χ1) is 8.32. The smallest absolute Gasteiger partial charge is 0.419 e. The quantitative estimate of drug-likeness (QED) is 0.804. The molecule has 0 amide bonds. The predicted molar refractivity (Wildman–Crippen MR) is 71.4 cm³/mol. The molecule has 1 heterocycles. The third kappa shape index (κ3) is 4.51. The first-order valence-corrected chi connectivity index (χ1v) is 6.47. The fraction of sp³-hybridized carbons (Fsp3) is 0.714. The Labute approximate surface area is 109 Å². The zero-order valence-electron chi connectivity index (χ0n) is 12.0. The molecule has 0 radical (unpaired) electrons. The van der Waals surface area contributed by atoms with Crippen LogP contribution in [0.4, 0.5) is 4.79 Å². The molecule has 1 rings (SSSR count). The molecule has 1 atom stereocenters. The van der Waals surface area contributed by atoms with Crippen LogP contribution in [0.15, 0.2) is 18.7 Å². The van der Waals surface area contributed by atoms with Gasteiger partial charge >= 0.3 is 6.09 Å². The van der Waals surface area contributed by atoms with Crippen molar-refractivity contribution >= 4 is 6.09 Å². The van der Waals surface area contributed by atoms with Gasteiger partial charge in [-0.1, -0.05) is 34.6 Å². The lowest BCUT2D eigenvalue weighted by Gasteiger charge is -2.29. The fourth-order valence-corrected chi connectivity index (χ4v) is 1.87. The van der Waals surface area contributed by atoms with Gasteiger partial charge in [-0.3, -0.25) is 0 Å². The van der Waals surface area contributed by atoms with Crippen LogP contribution in [-0.2, 0) is 4.74 Å². The van der Waals surface area contributed by atoms with E-state index in [4.69, 9.17) is 4.74 Å². The minimum absolute atomic E-state index is 0.0000713.